The van der Waals surface area contributed by atoms with Crippen molar-refractivity contribution < 1.29 is 21.6 Å². The molecule has 112 valence electrons. The largest absolute Gasteiger partial charge is 0.416 e. The first kappa shape index (κ1) is 16.9. The van der Waals surface area contributed by atoms with Crippen LogP contribution in [0.3, 0.4) is 0 Å². The van der Waals surface area contributed by atoms with Gasteiger partial charge >= 0.3 is 6.18 Å². The van der Waals surface area contributed by atoms with Crippen molar-refractivity contribution >= 4 is 27.2 Å². The van der Waals surface area contributed by atoms with Gasteiger partial charge < -0.3 is 5.73 Å². The van der Waals surface area contributed by atoms with Crippen LogP contribution in [0.1, 0.15) is 18.9 Å². The molecule has 4 nitrogen and oxygen atoms in total. The van der Waals surface area contributed by atoms with Crippen molar-refractivity contribution in [2.75, 3.05) is 0 Å². The number of nitrogens with one attached hydrogen (secondary N) is 1. The van der Waals surface area contributed by atoms with Crippen LogP contribution in [0.4, 0.5) is 13.2 Å². The Hall–Kier alpha value is -1.19. The fraction of sp³-hybridized carbons (Fsp3) is 0.364. The van der Waals surface area contributed by atoms with Gasteiger partial charge in [-0.3, -0.25) is 0 Å². The molecule has 0 bridgehead atoms. The standard InChI is InChI=1S/C11H13F3N2O2S2/c1-7(5-10(15)19)16-20(17,18)9-4-2-3-8(6-9)11(12,13)14/h2-4,6-7,16H,5H2,1H3,(H2,15,19). The Morgan fingerprint density at radius 2 is 2.05 bits per heavy atom. The van der Waals surface area contributed by atoms with Gasteiger partial charge in [0.15, 0.2) is 0 Å². The normalized spacial score (nSPS) is 14.0. The van der Waals surface area contributed by atoms with Crippen LogP contribution in [-0.4, -0.2) is 19.4 Å². The third kappa shape index (κ3) is 4.73. The van der Waals surface area contributed by atoms with Gasteiger partial charge in [0, 0.05) is 12.5 Å². The maximum atomic E-state index is 12.5. The van der Waals surface area contributed by atoms with Crippen molar-refractivity contribution in [2.24, 2.45) is 5.73 Å². The highest BCUT2D eigenvalue weighted by molar-refractivity contribution is 7.89. The van der Waals surface area contributed by atoms with Crippen molar-refractivity contribution in [3.05, 3.63) is 29.8 Å². The second kappa shape index (κ2) is 6.06. The second-order valence-corrected chi connectivity index (χ2v) is 6.46. The summed E-state index contributed by atoms with van der Waals surface area (Å²) in [5.74, 6) is 0. The molecule has 0 saturated heterocycles. The summed E-state index contributed by atoms with van der Waals surface area (Å²) in [6.07, 6.45) is -4.48. The maximum Gasteiger partial charge on any atom is 0.416 e. The summed E-state index contributed by atoms with van der Waals surface area (Å²) in [5.41, 5.74) is 4.25. The minimum Gasteiger partial charge on any atom is -0.393 e. The summed E-state index contributed by atoms with van der Waals surface area (Å²) in [6, 6.07) is 2.90. The molecule has 0 aromatic heterocycles. The number of thiocarbonyl (C=S) groups is 1. The van der Waals surface area contributed by atoms with Crippen LogP contribution < -0.4 is 10.5 Å². The minimum absolute atomic E-state index is 0.115. The van der Waals surface area contributed by atoms with E-state index in [2.05, 4.69) is 16.9 Å². The van der Waals surface area contributed by atoms with E-state index < -0.39 is 32.7 Å². The molecule has 0 aliphatic rings. The number of nitrogens with two attached hydrogens (primary N) is 1. The molecule has 1 aromatic rings. The van der Waals surface area contributed by atoms with Gasteiger partial charge in [-0.2, -0.15) is 13.2 Å². The third-order valence-electron chi connectivity index (χ3n) is 2.34. The average Bonchev–Trinajstić information content (AvgIpc) is 2.26. The van der Waals surface area contributed by atoms with Crippen LogP contribution in [0.15, 0.2) is 29.2 Å². The molecule has 1 rings (SSSR count). The lowest BCUT2D eigenvalue weighted by Crippen LogP contribution is -2.35. The van der Waals surface area contributed by atoms with E-state index in [0.717, 1.165) is 18.2 Å². The lowest BCUT2D eigenvalue weighted by atomic mass is 10.2. The summed E-state index contributed by atoms with van der Waals surface area (Å²) in [7, 11) is -4.05. The first-order valence-corrected chi connectivity index (χ1v) is 7.39. The lowest BCUT2D eigenvalue weighted by Gasteiger charge is -2.14. The number of hydrogen-bond donors (Lipinski definition) is 2. The number of sulfonamides is 1. The zero-order valence-corrected chi connectivity index (χ0v) is 12.1. The molecule has 0 aliphatic heterocycles. The van der Waals surface area contributed by atoms with Crippen molar-refractivity contribution in [1.82, 2.24) is 4.72 Å². The molecular formula is C11H13F3N2O2S2. The second-order valence-electron chi connectivity index (χ2n) is 4.22. The minimum atomic E-state index is -4.60. The molecule has 0 fully saturated rings. The smallest absolute Gasteiger partial charge is 0.393 e. The van der Waals surface area contributed by atoms with Crippen LogP contribution in [0, 0.1) is 0 Å². The highest BCUT2D eigenvalue weighted by Crippen LogP contribution is 2.30. The van der Waals surface area contributed by atoms with Gasteiger partial charge in [0.05, 0.1) is 15.4 Å². The molecule has 1 atom stereocenters. The molecule has 0 saturated carbocycles. The summed E-state index contributed by atoms with van der Waals surface area (Å²) in [6.45, 7) is 1.52. The molecule has 3 N–H and O–H groups in total. The summed E-state index contributed by atoms with van der Waals surface area (Å²) in [4.78, 5) is -0.341. The monoisotopic (exact) mass is 326 g/mol. The molecule has 9 heteroatoms. The maximum absolute atomic E-state index is 12.5. The molecule has 0 heterocycles. The Morgan fingerprint density at radius 1 is 1.45 bits per heavy atom. The summed E-state index contributed by atoms with van der Waals surface area (Å²) in [5, 5.41) is 0. The molecule has 1 unspecified atom stereocenters. The zero-order chi connectivity index (χ0) is 15.6. The summed E-state index contributed by atoms with van der Waals surface area (Å²) < 4.78 is 63.7. The van der Waals surface area contributed by atoms with Crippen LogP contribution in [0.5, 0.6) is 0 Å². The van der Waals surface area contributed by atoms with Gasteiger partial charge in [0.2, 0.25) is 10.0 Å². The van der Waals surface area contributed by atoms with Crippen molar-refractivity contribution in [3.63, 3.8) is 0 Å². The van der Waals surface area contributed by atoms with Crippen molar-refractivity contribution in [3.8, 4) is 0 Å². The number of alkyl halides is 3. The molecule has 0 aliphatic carbocycles. The Morgan fingerprint density at radius 3 is 2.55 bits per heavy atom. The number of benzene rings is 1. The fourth-order valence-corrected chi connectivity index (χ4v) is 3.05. The highest BCUT2D eigenvalue weighted by Gasteiger charge is 2.31. The van der Waals surface area contributed by atoms with Crippen LogP contribution in [0.25, 0.3) is 0 Å². The Balaban J connectivity index is 3.02. The highest BCUT2D eigenvalue weighted by atomic mass is 32.2. The molecule has 20 heavy (non-hydrogen) atoms. The van der Waals surface area contributed by atoms with Gasteiger partial charge in [-0.1, -0.05) is 18.3 Å². The van der Waals surface area contributed by atoms with Gasteiger partial charge in [-0.05, 0) is 25.1 Å². The molecular weight excluding hydrogens is 313 g/mol. The van der Waals surface area contributed by atoms with E-state index in [9.17, 15) is 21.6 Å². The molecule has 0 spiro atoms. The zero-order valence-electron chi connectivity index (χ0n) is 10.4. The third-order valence-corrected chi connectivity index (χ3v) is 4.09. The summed E-state index contributed by atoms with van der Waals surface area (Å²) >= 11 is 4.64. The van der Waals surface area contributed by atoms with Gasteiger partial charge in [-0.15, -0.1) is 0 Å². The lowest BCUT2D eigenvalue weighted by molar-refractivity contribution is -0.137. The topological polar surface area (TPSA) is 72.2 Å². The van der Waals surface area contributed by atoms with E-state index in [1.54, 1.807) is 0 Å². The Kier molecular flexibility index (Phi) is 5.11. The molecule has 0 radical (unpaired) electrons. The van der Waals surface area contributed by atoms with Crippen molar-refractivity contribution in [1.29, 1.82) is 0 Å². The van der Waals surface area contributed by atoms with E-state index in [4.69, 9.17) is 5.73 Å². The SMILES string of the molecule is CC(CC(N)=S)NS(=O)(=O)c1cccc(C(F)(F)F)c1. The predicted molar refractivity (Wildman–Crippen MR) is 72.6 cm³/mol. The average molecular weight is 326 g/mol. The van der Waals surface area contributed by atoms with Gasteiger partial charge in [-0.25, -0.2) is 13.1 Å². The molecule has 1 aromatic carbocycles. The molecule has 0 amide bonds. The van der Waals surface area contributed by atoms with E-state index >= 15 is 0 Å². The fourth-order valence-electron chi connectivity index (χ4n) is 1.52. The van der Waals surface area contributed by atoms with E-state index in [1.807, 2.05) is 0 Å². The number of halogens is 3. The number of rotatable bonds is 5. The van der Waals surface area contributed by atoms with Crippen LogP contribution >= 0.6 is 12.2 Å². The van der Waals surface area contributed by atoms with Gasteiger partial charge in [0.25, 0.3) is 0 Å². The van der Waals surface area contributed by atoms with Crippen molar-refractivity contribution in [2.45, 2.75) is 30.5 Å². The predicted octanol–water partition coefficient (Wildman–Crippen LogP) is 2.05. The first-order valence-electron chi connectivity index (χ1n) is 5.50. The number of hydrogen-bond acceptors (Lipinski definition) is 3. The Bertz CT molecular complexity index is 600. The van der Waals surface area contributed by atoms with E-state index in [1.165, 1.54) is 6.92 Å². The van der Waals surface area contributed by atoms with Crippen LogP contribution in [-0.2, 0) is 16.2 Å². The first-order chi connectivity index (χ1) is 9.02. The van der Waals surface area contributed by atoms with Gasteiger partial charge in [0.1, 0.15) is 0 Å². The quantitative estimate of drug-likeness (QED) is 0.812. The Labute approximate surface area is 120 Å². The van der Waals surface area contributed by atoms with Crippen LogP contribution in [0.2, 0.25) is 0 Å². The van der Waals surface area contributed by atoms with E-state index in [-0.39, 0.29) is 11.4 Å². The van der Waals surface area contributed by atoms with E-state index in [0.29, 0.717) is 6.07 Å².